The van der Waals surface area contributed by atoms with Gasteiger partial charge in [0.15, 0.2) is 5.78 Å². The smallest absolute Gasteiger partial charge is 0.314 e. The monoisotopic (exact) mass is 433 g/mol. The molecule has 1 aliphatic heterocycles. The number of likely N-dealkylation sites (tertiary alicyclic amines) is 1. The Morgan fingerprint density at radius 2 is 1.48 bits per heavy atom. The van der Waals surface area contributed by atoms with Crippen LogP contribution in [0, 0.1) is 23.6 Å². The number of piperidine rings is 1. The number of hydrogen-bond acceptors (Lipinski definition) is 4. The summed E-state index contributed by atoms with van der Waals surface area (Å²) in [5.74, 6) is 1.37. The molecule has 6 nitrogen and oxygen atoms in total. The third kappa shape index (κ3) is 7.89. The van der Waals surface area contributed by atoms with Gasteiger partial charge in [-0.1, -0.05) is 0 Å². The molecule has 0 atom stereocenters. The van der Waals surface area contributed by atoms with Crippen molar-refractivity contribution in [2.75, 3.05) is 46.4 Å². The summed E-state index contributed by atoms with van der Waals surface area (Å²) in [7, 11) is 1.76. The van der Waals surface area contributed by atoms with Crippen LogP contribution in [0.25, 0.3) is 0 Å². The summed E-state index contributed by atoms with van der Waals surface area (Å²) in [4.78, 5) is 26.6. The van der Waals surface area contributed by atoms with Crippen LogP contribution in [0.5, 0.6) is 0 Å². The molecule has 0 spiro atoms. The van der Waals surface area contributed by atoms with Crippen molar-refractivity contribution >= 4 is 11.8 Å². The van der Waals surface area contributed by atoms with Crippen LogP contribution in [0.1, 0.15) is 48.9 Å². The van der Waals surface area contributed by atoms with Crippen LogP contribution in [0.15, 0.2) is 24.3 Å². The molecule has 3 rings (SSSR count). The molecular formula is C24H36FN3O3. The van der Waals surface area contributed by atoms with E-state index in [2.05, 4.69) is 15.5 Å². The van der Waals surface area contributed by atoms with Crippen LogP contribution in [0.4, 0.5) is 9.18 Å². The molecule has 0 unspecified atom stereocenters. The van der Waals surface area contributed by atoms with E-state index >= 15 is 0 Å². The van der Waals surface area contributed by atoms with E-state index in [0.29, 0.717) is 36.4 Å². The van der Waals surface area contributed by atoms with Crippen molar-refractivity contribution in [2.45, 2.75) is 38.5 Å². The van der Waals surface area contributed by atoms with Crippen molar-refractivity contribution in [2.24, 2.45) is 17.8 Å². The second-order valence-electron chi connectivity index (χ2n) is 9.08. The molecule has 1 aromatic carbocycles. The highest BCUT2D eigenvalue weighted by molar-refractivity contribution is 5.97. The van der Waals surface area contributed by atoms with Gasteiger partial charge in [0.1, 0.15) is 5.82 Å². The summed E-state index contributed by atoms with van der Waals surface area (Å²) < 4.78 is 18.2. The molecule has 2 fully saturated rings. The minimum Gasteiger partial charge on any atom is -0.384 e. The Kier molecular flexibility index (Phi) is 9.28. The Bertz CT molecular complexity index is 697. The van der Waals surface area contributed by atoms with E-state index in [9.17, 15) is 14.0 Å². The zero-order valence-electron chi connectivity index (χ0n) is 18.6. The first-order valence-electron chi connectivity index (χ1n) is 11.5. The summed E-state index contributed by atoms with van der Waals surface area (Å²) in [5.41, 5.74) is 0.550. The van der Waals surface area contributed by atoms with Gasteiger partial charge >= 0.3 is 6.03 Å². The van der Waals surface area contributed by atoms with Gasteiger partial charge in [-0.2, -0.15) is 0 Å². The lowest BCUT2D eigenvalue weighted by Gasteiger charge is -2.31. The van der Waals surface area contributed by atoms with Crippen molar-refractivity contribution < 1.29 is 18.7 Å². The van der Waals surface area contributed by atoms with Crippen LogP contribution >= 0.6 is 0 Å². The summed E-state index contributed by atoms with van der Waals surface area (Å²) in [6.45, 7) is 4.30. The molecular weight excluding hydrogens is 397 g/mol. The number of benzene rings is 1. The van der Waals surface area contributed by atoms with E-state index in [1.54, 1.807) is 7.11 Å². The fourth-order valence-electron chi connectivity index (χ4n) is 4.65. The number of rotatable bonds is 9. The van der Waals surface area contributed by atoms with Gasteiger partial charge in [0, 0.05) is 32.4 Å². The molecule has 31 heavy (non-hydrogen) atoms. The lowest BCUT2D eigenvalue weighted by Crippen LogP contribution is -2.44. The molecule has 0 aromatic heterocycles. The molecule has 2 amide bonds. The number of nitrogens with one attached hydrogen (secondary N) is 2. The number of ether oxygens (including phenoxy) is 1. The first-order valence-corrected chi connectivity index (χ1v) is 11.5. The second kappa shape index (κ2) is 12.2. The molecule has 0 bridgehead atoms. The zero-order chi connectivity index (χ0) is 22.1. The first-order chi connectivity index (χ1) is 15.0. The maximum Gasteiger partial charge on any atom is 0.314 e. The van der Waals surface area contributed by atoms with Gasteiger partial charge in [-0.25, -0.2) is 9.18 Å². The highest BCUT2D eigenvalue weighted by atomic mass is 19.1. The van der Waals surface area contributed by atoms with Gasteiger partial charge in [0.05, 0.1) is 6.54 Å². The highest BCUT2D eigenvalue weighted by Gasteiger charge is 2.23. The number of Topliss-reactive ketones (excluding diaryl/α,β-unsaturated/α-hetero) is 1. The fraction of sp³-hybridized carbons (Fsp3) is 0.667. The minimum atomic E-state index is -0.330. The Balaban J connectivity index is 1.26. The maximum absolute atomic E-state index is 13.0. The Hall–Kier alpha value is -1.99. The van der Waals surface area contributed by atoms with E-state index in [4.69, 9.17) is 4.74 Å². The molecule has 1 aliphatic carbocycles. The normalized spacial score (nSPS) is 22.8. The number of halogens is 1. The van der Waals surface area contributed by atoms with Gasteiger partial charge in [0.2, 0.25) is 0 Å². The quantitative estimate of drug-likeness (QED) is 0.585. The number of ketones is 1. The van der Waals surface area contributed by atoms with Gasteiger partial charge < -0.3 is 15.4 Å². The zero-order valence-corrected chi connectivity index (χ0v) is 18.6. The average Bonchev–Trinajstić information content (AvgIpc) is 2.79. The van der Waals surface area contributed by atoms with E-state index < -0.39 is 0 Å². The third-order valence-electron chi connectivity index (χ3n) is 6.71. The molecule has 1 aromatic rings. The molecule has 2 aliphatic rings. The van der Waals surface area contributed by atoms with Crippen molar-refractivity contribution in [1.29, 1.82) is 0 Å². The highest BCUT2D eigenvalue weighted by Crippen LogP contribution is 2.28. The number of carbonyl (C=O) groups is 2. The number of hydrogen-bond donors (Lipinski definition) is 2. The molecule has 2 N–H and O–H groups in total. The second-order valence-corrected chi connectivity index (χ2v) is 9.08. The first kappa shape index (κ1) is 23.7. The standard InChI is InChI=1S/C24H36FN3O3/c1-31-17-20-4-2-18(3-5-20)14-26-24(30)27-15-19-10-12-28(13-11-19)16-23(29)21-6-8-22(25)9-7-21/h6-9,18-20H,2-5,10-17H2,1H3,(H2,26,27,30). The SMILES string of the molecule is COCC1CCC(CNC(=O)NCC2CCN(CC(=O)c3ccc(F)cc3)CC2)CC1. The molecule has 7 heteroatoms. The number of carbonyl (C=O) groups excluding carboxylic acids is 2. The molecule has 172 valence electrons. The third-order valence-corrected chi connectivity index (χ3v) is 6.71. The van der Waals surface area contributed by atoms with Crippen molar-refractivity contribution in [3.63, 3.8) is 0 Å². The van der Waals surface area contributed by atoms with Crippen LogP contribution in [0.2, 0.25) is 0 Å². The lowest BCUT2D eigenvalue weighted by atomic mass is 9.82. The predicted molar refractivity (Wildman–Crippen MR) is 119 cm³/mol. The number of methoxy groups -OCH3 is 1. The fourth-order valence-corrected chi connectivity index (χ4v) is 4.65. The van der Waals surface area contributed by atoms with Gasteiger partial charge in [-0.05, 0) is 93.6 Å². The number of nitrogens with zero attached hydrogens (tertiary/aromatic N) is 1. The van der Waals surface area contributed by atoms with E-state index in [1.807, 2.05) is 0 Å². The summed E-state index contributed by atoms with van der Waals surface area (Å²) in [6.07, 6.45) is 6.60. The molecule has 1 saturated heterocycles. The van der Waals surface area contributed by atoms with Crippen LogP contribution in [-0.4, -0.2) is 63.2 Å². The lowest BCUT2D eigenvalue weighted by molar-refractivity contribution is 0.0896. The summed E-state index contributed by atoms with van der Waals surface area (Å²) in [5, 5.41) is 6.05. The van der Waals surface area contributed by atoms with Crippen LogP contribution in [0.3, 0.4) is 0 Å². The van der Waals surface area contributed by atoms with Crippen LogP contribution < -0.4 is 10.6 Å². The molecule has 0 radical (unpaired) electrons. The van der Waals surface area contributed by atoms with Crippen LogP contribution in [-0.2, 0) is 4.74 Å². The van der Waals surface area contributed by atoms with Gasteiger partial charge in [-0.15, -0.1) is 0 Å². The van der Waals surface area contributed by atoms with E-state index in [0.717, 1.165) is 51.9 Å². The summed E-state index contributed by atoms with van der Waals surface area (Å²) in [6, 6.07) is 5.65. The van der Waals surface area contributed by atoms with Crippen molar-refractivity contribution in [1.82, 2.24) is 15.5 Å². The predicted octanol–water partition coefficient (Wildman–Crippen LogP) is 3.47. The average molecular weight is 434 g/mol. The van der Waals surface area contributed by atoms with E-state index in [1.165, 1.54) is 37.1 Å². The van der Waals surface area contributed by atoms with Gasteiger partial charge in [-0.3, -0.25) is 9.69 Å². The largest absolute Gasteiger partial charge is 0.384 e. The minimum absolute atomic E-state index is 0.0206. The van der Waals surface area contributed by atoms with Crippen molar-refractivity contribution in [3.8, 4) is 0 Å². The number of amides is 2. The molecule has 1 saturated carbocycles. The van der Waals surface area contributed by atoms with Gasteiger partial charge in [0.25, 0.3) is 0 Å². The van der Waals surface area contributed by atoms with E-state index in [-0.39, 0.29) is 17.6 Å². The Labute approximate surface area is 184 Å². The van der Waals surface area contributed by atoms with Crippen molar-refractivity contribution in [3.05, 3.63) is 35.6 Å². The number of urea groups is 1. The Morgan fingerprint density at radius 1 is 0.935 bits per heavy atom. The topological polar surface area (TPSA) is 70.7 Å². The molecule has 1 heterocycles. The maximum atomic E-state index is 13.0. The summed E-state index contributed by atoms with van der Waals surface area (Å²) >= 11 is 0. The Morgan fingerprint density at radius 3 is 2.06 bits per heavy atom.